The molecule has 0 atom stereocenters. The molecule has 139 valence electrons. The van der Waals surface area contributed by atoms with E-state index in [9.17, 15) is 0 Å². The summed E-state index contributed by atoms with van der Waals surface area (Å²) in [7, 11) is 0. The Labute approximate surface area is 167 Å². The second-order valence-electron chi connectivity index (χ2n) is 6.51. The summed E-state index contributed by atoms with van der Waals surface area (Å²) in [6, 6.07) is 14.9. The molecule has 2 aromatic rings. The van der Waals surface area contributed by atoms with E-state index in [1.165, 1.54) is 11.1 Å². The van der Waals surface area contributed by atoms with Crippen molar-refractivity contribution in [3.63, 3.8) is 0 Å². The average molecular weight is 394 g/mol. The number of pyridine rings is 1. The molecular formula is C20H29MnN5+2. The van der Waals surface area contributed by atoms with Gasteiger partial charge in [-0.3, -0.25) is 9.88 Å². The molecule has 2 bridgehead atoms. The van der Waals surface area contributed by atoms with Crippen molar-refractivity contribution in [2.24, 2.45) is 0 Å². The summed E-state index contributed by atoms with van der Waals surface area (Å²) in [6.07, 6.45) is 1.85. The molecule has 0 aliphatic carbocycles. The average Bonchev–Trinajstić information content (AvgIpc) is 2.65. The van der Waals surface area contributed by atoms with Crippen molar-refractivity contribution in [2.45, 2.75) is 19.6 Å². The maximum Gasteiger partial charge on any atom is 2.00 e. The Morgan fingerprint density at radius 2 is 1.69 bits per heavy atom. The van der Waals surface area contributed by atoms with Gasteiger partial charge in [-0.15, -0.1) is 0 Å². The predicted molar refractivity (Wildman–Crippen MR) is 102 cm³/mol. The van der Waals surface area contributed by atoms with Crippen molar-refractivity contribution in [2.75, 3.05) is 39.3 Å². The molecule has 26 heavy (non-hydrogen) atoms. The van der Waals surface area contributed by atoms with Gasteiger partial charge < -0.3 is 16.0 Å². The van der Waals surface area contributed by atoms with Crippen molar-refractivity contribution in [1.29, 1.82) is 0 Å². The molecule has 0 saturated heterocycles. The summed E-state index contributed by atoms with van der Waals surface area (Å²) < 4.78 is 0. The maximum atomic E-state index is 4.35. The topological polar surface area (TPSA) is 52.2 Å². The molecule has 0 saturated carbocycles. The Balaban J connectivity index is 0.00000243. The number of fused-ring (bicyclic) bond motifs is 2. The van der Waals surface area contributed by atoms with Crippen molar-refractivity contribution >= 4 is 0 Å². The maximum absolute atomic E-state index is 4.35. The van der Waals surface area contributed by atoms with E-state index in [-0.39, 0.29) is 17.1 Å². The molecule has 1 aliphatic heterocycles. The first-order valence-corrected chi connectivity index (χ1v) is 9.22. The molecule has 0 amide bonds. The SMILES string of the molecule is [Mn+2].c1ccc(CNCCN2CCNCc3cccc(c3)CNCC2)nc1. The Hall–Kier alpha value is -1.27. The van der Waals surface area contributed by atoms with Crippen LogP contribution in [-0.2, 0) is 36.7 Å². The van der Waals surface area contributed by atoms with E-state index in [2.05, 4.69) is 56.2 Å². The van der Waals surface area contributed by atoms with Crippen molar-refractivity contribution in [3.05, 3.63) is 65.5 Å². The first-order valence-electron chi connectivity index (χ1n) is 9.22. The van der Waals surface area contributed by atoms with Crippen LogP contribution in [0.3, 0.4) is 0 Å². The smallest absolute Gasteiger partial charge is 0.311 e. The van der Waals surface area contributed by atoms with Crippen LogP contribution in [0.4, 0.5) is 0 Å². The van der Waals surface area contributed by atoms with Gasteiger partial charge in [0.2, 0.25) is 0 Å². The van der Waals surface area contributed by atoms with E-state index in [1.807, 2.05) is 18.3 Å². The third kappa shape index (κ3) is 7.54. The van der Waals surface area contributed by atoms with Crippen LogP contribution in [0.15, 0.2) is 48.7 Å². The molecule has 0 unspecified atom stereocenters. The predicted octanol–water partition coefficient (Wildman–Crippen LogP) is 1.36. The second kappa shape index (κ2) is 12.2. The minimum Gasteiger partial charge on any atom is -0.311 e. The van der Waals surface area contributed by atoms with Crippen molar-refractivity contribution < 1.29 is 17.1 Å². The van der Waals surface area contributed by atoms with Crippen molar-refractivity contribution in [1.82, 2.24) is 25.8 Å². The first-order chi connectivity index (χ1) is 12.4. The third-order valence-electron chi connectivity index (χ3n) is 4.50. The van der Waals surface area contributed by atoms with E-state index in [0.717, 1.165) is 64.6 Å². The van der Waals surface area contributed by atoms with Gasteiger partial charge in [-0.05, 0) is 23.3 Å². The molecule has 0 fully saturated rings. The van der Waals surface area contributed by atoms with Crippen LogP contribution >= 0.6 is 0 Å². The molecule has 3 rings (SSSR count). The number of nitrogens with one attached hydrogen (secondary N) is 3. The number of rotatable bonds is 5. The quantitative estimate of drug-likeness (QED) is 0.528. The Morgan fingerprint density at radius 1 is 0.962 bits per heavy atom. The van der Waals surface area contributed by atoms with Gasteiger partial charge in [0, 0.05) is 65.1 Å². The zero-order valence-electron chi connectivity index (χ0n) is 15.3. The fourth-order valence-electron chi connectivity index (χ4n) is 3.08. The zero-order chi connectivity index (χ0) is 17.2. The standard InChI is InChI=1S/C20H29N5.Mn/c1-2-7-24-20(6-1)17-23-10-13-25-11-8-21-15-18-4-3-5-19(14-18)16-22-9-12-25;/h1-7,14,21-23H,8-13,15-17H2;/q;+2. The van der Waals surface area contributed by atoms with Crippen LogP contribution in [0.5, 0.6) is 0 Å². The summed E-state index contributed by atoms with van der Waals surface area (Å²) in [5.41, 5.74) is 3.83. The molecule has 0 spiro atoms. The van der Waals surface area contributed by atoms with Gasteiger partial charge in [-0.1, -0.05) is 30.3 Å². The van der Waals surface area contributed by atoms with E-state index < -0.39 is 0 Å². The Bertz CT molecular complexity index is 595. The second-order valence-corrected chi connectivity index (χ2v) is 6.51. The summed E-state index contributed by atoms with van der Waals surface area (Å²) in [5.74, 6) is 0. The molecule has 2 heterocycles. The van der Waals surface area contributed by atoms with E-state index in [4.69, 9.17) is 0 Å². The van der Waals surface area contributed by atoms with E-state index in [0.29, 0.717) is 0 Å². The van der Waals surface area contributed by atoms with Gasteiger partial charge in [-0.25, -0.2) is 0 Å². The minimum atomic E-state index is 0. The fourth-order valence-corrected chi connectivity index (χ4v) is 3.08. The molecule has 1 radical (unpaired) electrons. The number of nitrogens with zero attached hydrogens (tertiary/aromatic N) is 2. The van der Waals surface area contributed by atoms with Gasteiger partial charge in [0.05, 0.1) is 5.69 Å². The number of hydrogen-bond acceptors (Lipinski definition) is 5. The van der Waals surface area contributed by atoms with Crippen molar-refractivity contribution in [3.8, 4) is 0 Å². The number of aromatic nitrogens is 1. The van der Waals surface area contributed by atoms with Crippen LogP contribution in [0, 0.1) is 0 Å². The van der Waals surface area contributed by atoms with Crippen LogP contribution in [0.25, 0.3) is 0 Å². The molecule has 6 heteroatoms. The summed E-state index contributed by atoms with van der Waals surface area (Å²) in [4.78, 5) is 6.86. The van der Waals surface area contributed by atoms with E-state index in [1.54, 1.807) is 0 Å². The number of hydrogen-bond donors (Lipinski definition) is 3. The van der Waals surface area contributed by atoms with Crippen LogP contribution in [0.2, 0.25) is 0 Å². The largest absolute Gasteiger partial charge is 2.00 e. The first kappa shape index (κ1) is 21.0. The van der Waals surface area contributed by atoms with E-state index >= 15 is 0 Å². The molecule has 3 N–H and O–H groups in total. The Kier molecular flexibility index (Phi) is 9.85. The Morgan fingerprint density at radius 3 is 2.35 bits per heavy atom. The molecule has 1 aromatic heterocycles. The molecule has 1 aromatic carbocycles. The molecular weight excluding hydrogens is 365 g/mol. The summed E-state index contributed by atoms with van der Waals surface area (Å²) in [6.45, 7) is 8.95. The molecule has 5 nitrogen and oxygen atoms in total. The van der Waals surface area contributed by atoms with Gasteiger partial charge in [0.15, 0.2) is 0 Å². The van der Waals surface area contributed by atoms with Crippen LogP contribution in [-0.4, -0.2) is 49.2 Å². The van der Waals surface area contributed by atoms with Crippen LogP contribution < -0.4 is 16.0 Å². The normalized spacial score (nSPS) is 16.2. The van der Waals surface area contributed by atoms with Gasteiger partial charge in [0.1, 0.15) is 0 Å². The zero-order valence-corrected chi connectivity index (χ0v) is 16.4. The van der Waals surface area contributed by atoms with Gasteiger partial charge in [-0.2, -0.15) is 0 Å². The van der Waals surface area contributed by atoms with Gasteiger partial charge >= 0.3 is 17.1 Å². The summed E-state index contributed by atoms with van der Waals surface area (Å²) in [5, 5.41) is 10.6. The fraction of sp³-hybridized carbons (Fsp3) is 0.450. The van der Waals surface area contributed by atoms with Crippen LogP contribution in [0.1, 0.15) is 16.8 Å². The van der Waals surface area contributed by atoms with Gasteiger partial charge in [0.25, 0.3) is 0 Å². The monoisotopic (exact) mass is 394 g/mol. The third-order valence-corrected chi connectivity index (χ3v) is 4.50. The summed E-state index contributed by atoms with van der Waals surface area (Å²) >= 11 is 0. The number of benzene rings is 1. The molecule has 1 aliphatic rings. The minimum absolute atomic E-state index is 0.